The fourth-order valence-electron chi connectivity index (χ4n) is 1.80. The van der Waals surface area contributed by atoms with Crippen LogP contribution < -0.4 is 5.73 Å². The zero-order valence-electron chi connectivity index (χ0n) is 10.0. The zero-order valence-corrected chi connectivity index (χ0v) is 10.0. The van der Waals surface area contributed by atoms with Gasteiger partial charge < -0.3 is 15.5 Å². The lowest BCUT2D eigenvalue weighted by atomic mass is 10.1. The van der Waals surface area contributed by atoms with Gasteiger partial charge in [0.25, 0.3) is 0 Å². The Bertz CT molecular complexity index is 541. The topological polar surface area (TPSA) is 63.9 Å². The maximum absolute atomic E-state index is 13.5. The van der Waals surface area contributed by atoms with Crippen LogP contribution in [0.4, 0.5) is 8.78 Å². The summed E-state index contributed by atoms with van der Waals surface area (Å²) in [5.41, 5.74) is 6.37. The Morgan fingerprint density at radius 1 is 1.44 bits per heavy atom. The predicted octanol–water partition coefficient (Wildman–Crippen LogP) is 2.27. The van der Waals surface area contributed by atoms with Gasteiger partial charge in [0.1, 0.15) is 11.3 Å². The molecule has 1 atom stereocenters. The summed E-state index contributed by atoms with van der Waals surface area (Å²) in [6, 6.07) is 2.18. The van der Waals surface area contributed by atoms with Gasteiger partial charge in [-0.3, -0.25) is 0 Å². The van der Waals surface area contributed by atoms with E-state index in [1.807, 2.05) is 0 Å². The number of aromatic nitrogens is 2. The number of fused-ring (bicyclic) bond motifs is 1. The van der Waals surface area contributed by atoms with Gasteiger partial charge in [0.15, 0.2) is 11.6 Å². The van der Waals surface area contributed by atoms with Crippen LogP contribution in [0.25, 0.3) is 11.0 Å². The fourth-order valence-corrected chi connectivity index (χ4v) is 1.80. The molecule has 1 heterocycles. The second kappa shape index (κ2) is 5.41. The number of rotatable bonds is 5. The van der Waals surface area contributed by atoms with Gasteiger partial charge in [0, 0.05) is 13.7 Å². The van der Waals surface area contributed by atoms with E-state index in [9.17, 15) is 8.78 Å². The molecule has 0 aliphatic carbocycles. The van der Waals surface area contributed by atoms with Crippen LogP contribution in [0.5, 0.6) is 0 Å². The molecule has 2 rings (SSSR count). The molecule has 98 valence electrons. The SMILES string of the molecule is COCCCC(N)c1nc2c(F)c(F)ccc2[nH]1. The molecule has 0 amide bonds. The number of imidazole rings is 1. The van der Waals surface area contributed by atoms with Crippen molar-refractivity contribution in [3.05, 3.63) is 29.6 Å². The number of benzene rings is 1. The van der Waals surface area contributed by atoms with Crippen molar-refractivity contribution < 1.29 is 13.5 Å². The molecule has 2 aromatic rings. The minimum Gasteiger partial charge on any atom is -0.385 e. The number of nitrogens with one attached hydrogen (secondary N) is 1. The van der Waals surface area contributed by atoms with E-state index in [1.54, 1.807) is 7.11 Å². The largest absolute Gasteiger partial charge is 0.385 e. The van der Waals surface area contributed by atoms with E-state index in [4.69, 9.17) is 10.5 Å². The molecule has 0 aliphatic rings. The van der Waals surface area contributed by atoms with Crippen molar-refractivity contribution in [2.45, 2.75) is 18.9 Å². The van der Waals surface area contributed by atoms with Gasteiger partial charge in [-0.2, -0.15) is 0 Å². The lowest BCUT2D eigenvalue weighted by molar-refractivity contribution is 0.190. The van der Waals surface area contributed by atoms with Gasteiger partial charge in [-0.25, -0.2) is 13.8 Å². The van der Waals surface area contributed by atoms with Gasteiger partial charge in [0.2, 0.25) is 0 Å². The molecular weight excluding hydrogens is 240 g/mol. The highest BCUT2D eigenvalue weighted by Gasteiger charge is 2.15. The third kappa shape index (κ3) is 2.49. The summed E-state index contributed by atoms with van der Waals surface area (Å²) >= 11 is 0. The average molecular weight is 255 g/mol. The van der Waals surface area contributed by atoms with E-state index in [0.717, 1.165) is 12.5 Å². The predicted molar refractivity (Wildman–Crippen MR) is 64.0 cm³/mol. The number of ether oxygens (including phenoxy) is 1. The number of nitrogens with zero attached hydrogens (tertiary/aromatic N) is 1. The molecule has 0 bridgehead atoms. The molecule has 18 heavy (non-hydrogen) atoms. The van der Waals surface area contributed by atoms with Crippen molar-refractivity contribution in [1.29, 1.82) is 0 Å². The Morgan fingerprint density at radius 3 is 2.94 bits per heavy atom. The zero-order chi connectivity index (χ0) is 13.1. The monoisotopic (exact) mass is 255 g/mol. The number of hydrogen-bond donors (Lipinski definition) is 2. The van der Waals surface area contributed by atoms with Crippen molar-refractivity contribution in [3.8, 4) is 0 Å². The van der Waals surface area contributed by atoms with E-state index < -0.39 is 11.6 Å². The van der Waals surface area contributed by atoms with E-state index >= 15 is 0 Å². The summed E-state index contributed by atoms with van der Waals surface area (Å²) in [6.45, 7) is 0.608. The quantitative estimate of drug-likeness (QED) is 0.805. The molecule has 1 aromatic carbocycles. The first-order valence-corrected chi connectivity index (χ1v) is 5.71. The molecule has 0 radical (unpaired) electrons. The van der Waals surface area contributed by atoms with Crippen molar-refractivity contribution in [2.24, 2.45) is 5.73 Å². The summed E-state index contributed by atoms with van der Waals surface area (Å²) in [7, 11) is 1.62. The van der Waals surface area contributed by atoms with Crippen LogP contribution >= 0.6 is 0 Å². The standard InChI is InChI=1S/C12H15F2N3O/c1-18-6-2-3-8(15)12-16-9-5-4-7(13)10(14)11(9)17-12/h4-5,8H,2-3,6,15H2,1H3,(H,16,17). The average Bonchev–Trinajstić information content (AvgIpc) is 2.79. The van der Waals surface area contributed by atoms with Gasteiger partial charge >= 0.3 is 0 Å². The molecule has 0 saturated heterocycles. The van der Waals surface area contributed by atoms with Gasteiger partial charge in [-0.15, -0.1) is 0 Å². The van der Waals surface area contributed by atoms with Crippen LogP contribution in [-0.4, -0.2) is 23.7 Å². The lowest BCUT2D eigenvalue weighted by Gasteiger charge is -2.07. The van der Waals surface area contributed by atoms with Crippen LogP contribution in [-0.2, 0) is 4.74 Å². The second-order valence-electron chi connectivity index (χ2n) is 4.12. The Hall–Kier alpha value is -1.53. The van der Waals surface area contributed by atoms with Gasteiger partial charge in [-0.05, 0) is 25.0 Å². The van der Waals surface area contributed by atoms with E-state index in [1.165, 1.54) is 6.07 Å². The Labute approximate surface area is 103 Å². The molecule has 0 saturated carbocycles. The molecule has 0 spiro atoms. The van der Waals surface area contributed by atoms with Gasteiger partial charge in [0.05, 0.1) is 11.6 Å². The lowest BCUT2D eigenvalue weighted by Crippen LogP contribution is -2.12. The summed E-state index contributed by atoms with van der Waals surface area (Å²) in [5, 5.41) is 0. The minimum atomic E-state index is -0.945. The highest BCUT2D eigenvalue weighted by molar-refractivity contribution is 5.75. The normalized spacial score (nSPS) is 13.1. The van der Waals surface area contributed by atoms with Crippen molar-refractivity contribution in [3.63, 3.8) is 0 Å². The number of hydrogen-bond acceptors (Lipinski definition) is 3. The van der Waals surface area contributed by atoms with Crippen molar-refractivity contribution in [2.75, 3.05) is 13.7 Å². The molecule has 3 N–H and O–H groups in total. The van der Waals surface area contributed by atoms with E-state index in [0.29, 0.717) is 24.4 Å². The highest BCUT2D eigenvalue weighted by Crippen LogP contribution is 2.21. The number of methoxy groups -OCH3 is 1. The number of H-pyrrole nitrogens is 1. The van der Waals surface area contributed by atoms with Crippen molar-refractivity contribution >= 4 is 11.0 Å². The minimum absolute atomic E-state index is 0.00723. The maximum Gasteiger partial charge on any atom is 0.186 e. The number of aromatic amines is 1. The molecule has 0 aliphatic heterocycles. The molecule has 1 unspecified atom stereocenters. The van der Waals surface area contributed by atoms with Crippen LogP contribution in [0, 0.1) is 11.6 Å². The summed E-state index contributed by atoms with van der Waals surface area (Å²) < 4.78 is 31.4. The smallest absolute Gasteiger partial charge is 0.186 e. The van der Waals surface area contributed by atoms with Crippen LogP contribution in [0.3, 0.4) is 0 Å². The van der Waals surface area contributed by atoms with E-state index in [2.05, 4.69) is 9.97 Å². The fraction of sp³-hybridized carbons (Fsp3) is 0.417. The van der Waals surface area contributed by atoms with Crippen LogP contribution in [0.2, 0.25) is 0 Å². The third-order valence-electron chi connectivity index (χ3n) is 2.78. The first kappa shape index (κ1) is 12.9. The van der Waals surface area contributed by atoms with Crippen LogP contribution in [0.15, 0.2) is 12.1 Å². The Morgan fingerprint density at radius 2 is 2.22 bits per heavy atom. The van der Waals surface area contributed by atoms with Gasteiger partial charge in [-0.1, -0.05) is 0 Å². The number of halogens is 2. The molecule has 0 fully saturated rings. The summed E-state index contributed by atoms with van der Waals surface area (Å²) in [4.78, 5) is 6.92. The second-order valence-corrected chi connectivity index (χ2v) is 4.12. The highest BCUT2D eigenvalue weighted by atomic mass is 19.2. The molecular formula is C12H15F2N3O. The third-order valence-corrected chi connectivity index (χ3v) is 2.78. The van der Waals surface area contributed by atoms with Crippen molar-refractivity contribution in [1.82, 2.24) is 9.97 Å². The molecule has 4 nitrogen and oxygen atoms in total. The first-order chi connectivity index (χ1) is 8.63. The number of nitrogens with two attached hydrogens (primary N) is 1. The van der Waals surface area contributed by atoms with E-state index in [-0.39, 0.29) is 11.6 Å². The molecule has 6 heteroatoms. The summed E-state index contributed by atoms with van der Waals surface area (Å²) in [5.74, 6) is -1.39. The Kier molecular flexibility index (Phi) is 3.88. The Balaban J connectivity index is 2.22. The first-order valence-electron chi connectivity index (χ1n) is 5.71. The summed E-state index contributed by atoms with van der Waals surface area (Å²) in [6.07, 6.45) is 1.45. The van der Waals surface area contributed by atoms with Crippen LogP contribution in [0.1, 0.15) is 24.7 Å². The molecule has 1 aromatic heterocycles. The maximum atomic E-state index is 13.5.